The fourth-order valence-corrected chi connectivity index (χ4v) is 1.74. The van der Waals surface area contributed by atoms with Crippen LogP contribution in [0.15, 0.2) is 24.3 Å². The first-order chi connectivity index (χ1) is 8.72. The predicted molar refractivity (Wildman–Crippen MR) is 69.6 cm³/mol. The molecule has 0 aliphatic rings. The molecular weight excluding hydrogens is 232 g/mol. The van der Waals surface area contributed by atoms with Gasteiger partial charge in [0.2, 0.25) is 0 Å². The van der Waals surface area contributed by atoms with Gasteiger partial charge in [-0.25, -0.2) is 0 Å². The summed E-state index contributed by atoms with van der Waals surface area (Å²) in [5.41, 5.74) is 0.828. The molecule has 0 fully saturated rings. The summed E-state index contributed by atoms with van der Waals surface area (Å²) in [4.78, 5) is 0. The van der Waals surface area contributed by atoms with E-state index in [1.54, 1.807) is 7.11 Å². The maximum atomic E-state index is 5.68. The highest BCUT2D eigenvalue weighted by atomic mass is 16.9. The summed E-state index contributed by atoms with van der Waals surface area (Å²) in [6.07, 6.45) is 0. The van der Waals surface area contributed by atoms with Gasteiger partial charge in [-0.3, -0.25) is 0 Å². The summed E-state index contributed by atoms with van der Waals surface area (Å²) in [6.45, 7) is 7.26. The molecular formula is C14H22O4. The Morgan fingerprint density at radius 2 is 1.28 bits per heavy atom. The van der Waals surface area contributed by atoms with Gasteiger partial charge in [-0.2, -0.15) is 0 Å². The maximum absolute atomic E-state index is 5.68. The molecule has 0 saturated carbocycles. The molecule has 4 heteroatoms. The number of benzene rings is 1. The van der Waals surface area contributed by atoms with Gasteiger partial charge in [0.25, 0.3) is 0 Å². The lowest BCUT2D eigenvalue weighted by molar-refractivity contribution is -0.389. The van der Waals surface area contributed by atoms with Gasteiger partial charge in [0.1, 0.15) is 5.75 Å². The first-order valence-corrected chi connectivity index (χ1v) is 6.28. The van der Waals surface area contributed by atoms with Crippen molar-refractivity contribution in [1.29, 1.82) is 0 Å². The van der Waals surface area contributed by atoms with Crippen molar-refractivity contribution in [2.24, 2.45) is 0 Å². The van der Waals surface area contributed by atoms with Crippen molar-refractivity contribution >= 4 is 0 Å². The second-order valence-corrected chi connectivity index (χ2v) is 3.58. The van der Waals surface area contributed by atoms with Crippen LogP contribution in [0.3, 0.4) is 0 Å². The molecule has 0 amide bonds. The Kier molecular flexibility index (Phi) is 6.12. The normalized spacial score (nSPS) is 11.6. The van der Waals surface area contributed by atoms with Gasteiger partial charge in [0.05, 0.1) is 7.11 Å². The van der Waals surface area contributed by atoms with Crippen LogP contribution < -0.4 is 4.74 Å². The molecule has 102 valence electrons. The van der Waals surface area contributed by atoms with Crippen molar-refractivity contribution in [3.05, 3.63) is 29.8 Å². The van der Waals surface area contributed by atoms with Gasteiger partial charge in [-0.1, -0.05) is 0 Å². The molecule has 0 bridgehead atoms. The Labute approximate surface area is 109 Å². The average molecular weight is 254 g/mol. The summed E-state index contributed by atoms with van der Waals surface area (Å²) >= 11 is 0. The zero-order valence-electron chi connectivity index (χ0n) is 11.6. The highest BCUT2D eigenvalue weighted by molar-refractivity contribution is 5.29. The van der Waals surface area contributed by atoms with Crippen molar-refractivity contribution in [1.82, 2.24) is 0 Å². The third-order valence-corrected chi connectivity index (χ3v) is 2.45. The fourth-order valence-electron chi connectivity index (χ4n) is 1.74. The molecule has 0 radical (unpaired) electrons. The van der Waals surface area contributed by atoms with E-state index in [2.05, 4.69) is 0 Å². The van der Waals surface area contributed by atoms with E-state index in [0.717, 1.165) is 11.3 Å². The lowest BCUT2D eigenvalue weighted by atomic mass is 10.1. The topological polar surface area (TPSA) is 36.9 Å². The van der Waals surface area contributed by atoms with E-state index in [1.807, 2.05) is 45.0 Å². The van der Waals surface area contributed by atoms with Gasteiger partial charge >= 0.3 is 5.97 Å². The highest BCUT2D eigenvalue weighted by Crippen LogP contribution is 2.30. The van der Waals surface area contributed by atoms with Gasteiger partial charge in [0.15, 0.2) is 0 Å². The quantitative estimate of drug-likeness (QED) is 0.668. The van der Waals surface area contributed by atoms with E-state index >= 15 is 0 Å². The number of hydrogen-bond acceptors (Lipinski definition) is 4. The van der Waals surface area contributed by atoms with Crippen LogP contribution in [0, 0.1) is 0 Å². The number of hydrogen-bond donors (Lipinski definition) is 0. The van der Waals surface area contributed by atoms with E-state index in [1.165, 1.54) is 0 Å². The van der Waals surface area contributed by atoms with E-state index in [-0.39, 0.29) is 0 Å². The average Bonchev–Trinajstić information content (AvgIpc) is 2.39. The lowest BCUT2D eigenvalue weighted by Gasteiger charge is -2.32. The Morgan fingerprint density at radius 3 is 1.61 bits per heavy atom. The molecule has 0 aliphatic carbocycles. The maximum Gasteiger partial charge on any atom is 0.311 e. The minimum Gasteiger partial charge on any atom is -0.497 e. The summed E-state index contributed by atoms with van der Waals surface area (Å²) in [6, 6.07) is 7.50. The zero-order chi connectivity index (χ0) is 13.4. The molecule has 1 aromatic carbocycles. The smallest absolute Gasteiger partial charge is 0.311 e. The summed E-state index contributed by atoms with van der Waals surface area (Å²) in [7, 11) is 1.63. The van der Waals surface area contributed by atoms with Crippen LogP contribution in [-0.2, 0) is 20.2 Å². The van der Waals surface area contributed by atoms with Gasteiger partial charge in [-0.05, 0) is 45.0 Å². The van der Waals surface area contributed by atoms with Crippen LogP contribution in [0.2, 0.25) is 0 Å². The molecule has 1 aromatic rings. The largest absolute Gasteiger partial charge is 0.497 e. The SMILES string of the molecule is CCOC(OCC)(OCC)c1ccc(OC)cc1. The molecule has 0 aliphatic heterocycles. The monoisotopic (exact) mass is 254 g/mol. The van der Waals surface area contributed by atoms with Gasteiger partial charge in [0, 0.05) is 25.4 Å². The predicted octanol–water partition coefficient (Wildman–Crippen LogP) is 2.92. The molecule has 0 unspecified atom stereocenters. The standard InChI is InChI=1S/C14H22O4/c1-5-16-14(17-6-2,18-7-3)12-8-10-13(15-4)11-9-12/h8-11H,5-7H2,1-4H3. The minimum atomic E-state index is -1.12. The summed E-state index contributed by atoms with van der Waals surface area (Å²) < 4.78 is 22.2. The highest BCUT2D eigenvalue weighted by Gasteiger charge is 2.35. The fraction of sp³-hybridized carbons (Fsp3) is 0.571. The molecule has 0 N–H and O–H groups in total. The van der Waals surface area contributed by atoms with Crippen LogP contribution in [0.5, 0.6) is 5.75 Å². The molecule has 4 nitrogen and oxygen atoms in total. The summed E-state index contributed by atoms with van der Waals surface area (Å²) in [5.74, 6) is -0.331. The van der Waals surface area contributed by atoms with Crippen LogP contribution in [-0.4, -0.2) is 26.9 Å². The van der Waals surface area contributed by atoms with Gasteiger partial charge < -0.3 is 18.9 Å². The Morgan fingerprint density at radius 1 is 0.833 bits per heavy atom. The van der Waals surface area contributed by atoms with Gasteiger partial charge in [-0.15, -0.1) is 0 Å². The Hall–Kier alpha value is -1.10. The minimum absolute atomic E-state index is 0.506. The molecule has 0 atom stereocenters. The number of methoxy groups -OCH3 is 1. The third kappa shape index (κ3) is 3.45. The third-order valence-electron chi connectivity index (χ3n) is 2.45. The first kappa shape index (κ1) is 15.0. The van der Waals surface area contributed by atoms with Crippen LogP contribution in [0.4, 0.5) is 0 Å². The van der Waals surface area contributed by atoms with E-state index in [9.17, 15) is 0 Å². The van der Waals surface area contributed by atoms with Crippen LogP contribution in [0.1, 0.15) is 26.3 Å². The van der Waals surface area contributed by atoms with Crippen molar-refractivity contribution in [3.8, 4) is 5.75 Å². The molecule has 0 heterocycles. The van der Waals surface area contributed by atoms with Crippen molar-refractivity contribution in [3.63, 3.8) is 0 Å². The molecule has 1 rings (SSSR count). The second-order valence-electron chi connectivity index (χ2n) is 3.58. The molecule has 0 aromatic heterocycles. The Bertz CT molecular complexity index is 317. The molecule has 0 spiro atoms. The van der Waals surface area contributed by atoms with E-state index in [0.29, 0.717) is 19.8 Å². The van der Waals surface area contributed by atoms with Crippen LogP contribution >= 0.6 is 0 Å². The summed E-state index contributed by atoms with van der Waals surface area (Å²) in [5, 5.41) is 0. The molecule has 18 heavy (non-hydrogen) atoms. The van der Waals surface area contributed by atoms with Crippen molar-refractivity contribution in [2.45, 2.75) is 26.7 Å². The van der Waals surface area contributed by atoms with Crippen LogP contribution in [0.25, 0.3) is 0 Å². The Balaban J connectivity index is 3.04. The van der Waals surface area contributed by atoms with E-state index < -0.39 is 5.97 Å². The molecule has 0 saturated heterocycles. The zero-order valence-corrected chi connectivity index (χ0v) is 11.6. The van der Waals surface area contributed by atoms with Crippen molar-refractivity contribution in [2.75, 3.05) is 26.9 Å². The number of ether oxygens (including phenoxy) is 4. The number of rotatable bonds is 8. The first-order valence-electron chi connectivity index (χ1n) is 6.28. The van der Waals surface area contributed by atoms with E-state index in [4.69, 9.17) is 18.9 Å². The second kappa shape index (κ2) is 7.36. The van der Waals surface area contributed by atoms with Crippen molar-refractivity contribution < 1.29 is 18.9 Å². The lowest BCUT2D eigenvalue weighted by Crippen LogP contribution is -2.36.